The van der Waals surface area contributed by atoms with Crippen LogP contribution >= 0.6 is 0 Å². The molecule has 182 valence electrons. The van der Waals surface area contributed by atoms with Gasteiger partial charge in [0, 0.05) is 23.7 Å². The van der Waals surface area contributed by atoms with Crippen molar-refractivity contribution in [2.24, 2.45) is 0 Å². The fourth-order valence-electron chi connectivity index (χ4n) is 5.37. The summed E-state index contributed by atoms with van der Waals surface area (Å²) < 4.78 is 22.3. The normalized spacial score (nSPS) is 20.4. The van der Waals surface area contributed by atoms with Crippen molar-refractivity contribution >= 4 is 11.6 Å². The summed E-state index contributed by atoms with van der Waals surface area (Å²) >= 11 is 0. The van der Waals surface area contributed by atoms with Gasteiger partial charge in [0.1, 0.15) is 5.82 Å². The Balaban J connectivity index is 1.46. The van der Waals surface area contributed by atoms with Crippen LogP contribution in [-0.2, 0) is 21.6 Å². The van der Waals surface area contributed by atoms with Gasteiger partial charge in [-0.05, 0) is 68.2 Å². The number of para-hydroxylation sites is 1. The lowest BCUT2D eigenvalue weighted by Crippen LogP contribution is -2.29. The van der Waals surface area contributed by atoms with E-state index in [0.29, 0.717) is 18.2 Å². The number of aryl methyl sites for hydroxylation is 1. The summed E-state index contributed by atoms with van der Waals surface area (Å²) in [5, 5.41) is 3.02. The molecule has 1 unspecified atom stereocenters. The van der Waals surface area contributed by atoms with Crippen LogP contribution in [0.1, 0.15) is 69.7 Å². The number of ether oxygens (including phenoxy) is 1. The van der Waals surface area contributed by atoms with Crippen LogP contribution in [0, 0.1) is 5.82 Å². The van der Waals surface area contributed by atoms with E-state index in [0.717, 1.165) is 47.5 Å². The lowest BCUT2D eigenvalue weighted by atomic mass is 9.91. The first-order chi connectivity index (χ1) is 17.0. The van der Waals surface area contributed by atoms with Crippen molar-refractivity contribution in [1.82, 2.24) is 9.55 Å². The number of halogens is 1. The number of aromatic nitrogens is 2. The van der Waals surface area contributed by atoms with Crippen molar-refractivity contribution < 1.29 is 13.9 Å². The number of hydrogen-bond acceptors (Lipinski definition) is 3. The molecule has 0 spiro atoms. The second-order valence-corrected chi connectivity index (χ2v) is 9.72. The summed E-state index contributed by atoms with van der Waals surface area (Å²) in [7, 11) is 0. The first-order valence-corrected chi connectivity index (χ1v) is 12.6. The number of carbonyl (C=O) groups is 1. The van der Waals surface area contributed by atoms with Crippen molar-refractivity contribution in [3.63, 3.8) is 0 Å². The number of benzene rings is 2. The van der Waals surface area contributed by atoms with Crippen LogP contribution in [0.15, 0.2) is 66.7 Å². The molecule has 0 bridgehead atoms. The number of rotatable bonds is 6. The van der Waals surface area contributed by atoms with Crippen molar-refractivity contribution in [1.29, 1.82) is 0 Å². The van der Waals surface area contributed by atoms with Crippen LogP contribution in [0.2, 0.25) is 0 Å². The smallest absolute Gasteiger partial charge is 0.290 e. The molecule has 5 nitrogen and oxygen atoms in total. The predicted octanol–water partition coefficient (Wildman–Crippen LogP) is 6.91. The minimum atomic E-state index is -0.755. The van der Waals surface area contributed by atoms with Gasteiger partial charge in [-0.1, -0.05) is 44.4 Å². The number of amides is 1. The van der Waals surface area contributed by atoms with Crippen molar-refractivity contribution in [3.8, 4) is 11.3 Å². The van der Waals surface area contributed by atoms with E-state index in [-0.39, 0.29) is 11.7 Å². The minimum Gasteiger partial charge on any atom is -0.475 e. The molecule has 6 heteroatoms. The van der Waals surface area contributed by atoms with Crippen LogP contribution in [0.4, 0.5) is 10.1 Å². The average molecular weight is 474 g/mol. The Labute approximate surface area is 206 Å². The second-order valence-electron chi connectivity index (χ2n) is 9.72. The zero-order valence-electron chi connectivity index (χ0n) is 20.4. The number of nitrogens with one attached hydrogen (secondary N) is 1. The monoisotopic (exact) mass is 473 g/mol. The van der Waals surface area contributed by atoms with E-state index in [1.165, 1.54) is 31.4 Å². The van der Waals surface area contributed by atoms with Gasteiger partial charge in [-0.25, -0.2) is 9.37 Å². The maximum atomic E-state index is 13.6. The molecule has 0 saturated heterocycles. The molecule has 2 aromatic carbocycles. The van der Waals surface area contributed by atoms with E-state index in [1.807, 2.05) is 43.6 Å². The van der Waals surface area contributed by atoms with Gasteiger partial charge in [-0.2, -0.15) is 0 Å². The van der Waals surface area contributed by atoms with Gasteiger partial charge in [0.15, 0.2) is 11.4 Å². The van der Waals surface area contributed by atoms with Crippen LogP contribution in [0.25, 0.3) is 11.3 Å². The third kappa shape index (κ3) is 4.62. The molecule has 1 amide bonds. The summed E-state index contributed by atoms with van der Waals surface area (Å²) in [6.07, 6.45) is 11.0. The fraction of sp³-hybridized carbons (Fsp3) is 0.379. The van der Waals surface area contributed by atoms with E-state index in [4.69, 9.17) is 9.72 Å². The number of anilines is 1. The molecule has 1 aliphatic carbocycles. The molecule has 0 radical (unpaired) electrons. The van der Waals surface area contributed by atoms with Gasteiger partial charge in [0.05, 0.1) is 17.7 Å². The number of imidazole rings is 1. The molecular weight excluding hydrogens is 441 g/mol. The maximum Gasteiger partial charge on any atom is 0.290 e. The summed E-state index contributed by atoms with van der Waals surface area (Å²) in [5.74, 6) is -0.208. The van der Waals surface area contributed by atoms with Gasteiger partial charge in [-0.15, -0.1) is 0 Å². The van der Waals surface area contributed by atoms with E-state index >= 15 is 0 Å². The van der Waals surface area contributed by atoms with Crippen molar-refractivity contribution in [3.05, 3.63) is 83.8 Å². The largest absolute Gasteiger partial charge is 0.475 e. The Kier molecular flexibility index (Phi) is 6.46. The molecule has 1 N–H and O–H groups in total. The Morgan fingerprint density at radius 1 is 1.14 bits per heavy atom. The van der Waals surface area contributed by atoms with Crippen molar-refractivity contribution in [2.45, 2.75) is 70.4 Å². The van der Waals surface area contributed by atoms with E-state index in [1.54, 1.807) is 12.1 Å². The standard InChI is InChI=1S/C29H32FN3O2/c1-3-20-9-7-8-12-24(20)32-28(34)25-17-18-29(2,35-25)27-26(21-13-15-22(30)16-14-21)31-19-33(27)23-10-5-4-6-11-23/h7-9,12-17,19,23H,3-6,10-11,18H2,1-2H3,(H,32,34). The lowest BCUT2D eigenvalue weighted by molar-refractivity contribution is -0.118. The highest BCUT2D eigenvalue weighted by atomic mass is 19.1. The number of hydrogen-bond donors (Lipinski definition) is 1. The Bertz CT molecular complexity index is 1240. The van der Waals surface area contributed by atoms with Crippen LogP contribution in [0.3, 0.4) is 0 Å². The van der Waals surface area contributed by atoms with E-state index in [2.05, 4.69) is 16.8 Å². The molecule has 3 aromatic rings. The van der Waals surface area contributed by atoms with Crippen LogP contribution < -0.4 is 5.32 Å². The SMILES string of the molecule is CCc1ccccc1NC(=O)C1=CCC(C)(c2c(-c3ccc(F)cc3)ncn2C2CCCCC2)O1. The van der Waals surface area contributed by atoms with Gasteiger partial charge in [-0.3, -0.25) is 4.79 Å². The second kappa shape index (κ2) is 9.68. The summed E-state index contributed by atoms with van der Waals surface area (Å²) in [5.41, 5.74) is 3.70. The van der Waals surface area contributed by atoms with Gasteiger partial charge in [0.2, 0.25) is 0 Å². The van der Waals surface area contributed by atoms with Crippen LogP contribution in [-0.4, -0.2) is 15.5 Å². The van der Waals surface area contributed by atoms with E-state index in [9.17, 15) is 9.18 Å². The third-order valence-corrected chi connectivity index (χ3v) is 7.26. The highest BCUT2D eigenvalue weighted by molar-refractivity contribution is 6.03. The highest BCUT2D eigenvalue weighted by Gasteiger charge is 2.42. The molecule has 1 aliphatic heterocycles. The van der Waals surface area contributed by atoms with Crippen LogP contribution in [0.5, 0.6) is 0 Å². The minimum absolute atomic E-state index is 0.248. The molecule has 35 heavy (non-hydrogen) atoms. The first-order valence-electron chi connectivity index (χ1n) is 12.6. The molecule has 1 saturated carbocycles. The Hall–Kier alpha value is -3.41. The van der Waals surface area contributed by atoms with Gasteiger partial charge < -0.3 is 14.6 Å². The first kappa shape index (κ1) is 23.3. The molecule has 1 fully saturated rings. The zero-order chi connectivity index (χ0) is 24.4. The quantitative estimate of drug-likeness (QED) is 0.423. The highest BCUT2D eigenvalue weighted by Crippen LogP contribution is 2.44. The molecule has 5 rings (SSSR count). The summed E-state index contributed by atoms with van der Waals surface area (Å²) in [6, 6.07) is 14.6. The van der Waals surface area contributed by atoms with E-state index < -0.39 is 5.60 Å². The third-order valence-electron chi connectivity index (χ3n) is 7.26. The molecule has 2 aliphatic rings. The topological polar surface area (TPSA) is 56.2 Å². The zero-order valence-corrected chi connectivity index (χ0v) is 20.4. The summed E-state index contributed by atoms with van der Waals surface area (Å²) in [4.78, 5) is 17.9. The maximum absolute atomic E-state index is 13.6. The van der Waals surface area contributed by atoms with Gasteiger partial charge in [0.25, 0.3) is 5.91 Å². The lowest BCUT2D eigenvalue weighted by Gasteiger charge is -2.32. The van der Waals surface area contributed by atoms with Gasteiger partial charge >= 0.3 is 0 Å². The fourth-order valence-corrected chi connectivity index (χ4v) is 5.37. The molecule has 2 heterocycles. The number of nitrogens with zero attached hydrogens (tertiary/aromatic N) is 2. The Morgan fingerprint density at radius 3 is 2.63 bits per heavy atom. The molecule has 1 atom stereocenters. The number of carbonyl (C=O) groups excluding carboxylic acids is 1. The average Bonchev–Trinajstić information content (AvgIpc) is 3.51. The summed E-state index contributed by atoms with van der Waals surface area (Å²) in [6.45, 7) is 4.09. The molecular formula is C29H32FN3O2. The predicted molar refractivity (Wildman–Crippen MR) is 135 cm³/mol. The Morgan fingerprint density at radius 2 is 1.89 bits per heavy atom. The molecule has 1 aromatic heterocycles. The van der Waals surface area contributed by atoms with Crippen molar-refractivity contribution in [2.75, 3.05) is 5.32 Å².